The molecular formula is C20H24BrN3O3. The number of nitrogens with zero attached hydrogens (tertiary/aromatic N) is 1. The van der Waals surface area contributed by atoms with Gasteiger partial charge in [-0.05, 0) is 37.5 Å². The van der Waals surface area contributed by atoms with Gasteiger partial charge in [0, 0.05) is 27.8 Å². The molecule has 1 aromatic carbocycles. The van der Waals surface area contributed by atoms with E-state index < -0.39 is 17.4 Å². The third-order valence-corrected chi connectivity index (χ3v) is 6.89. The summed E-state index contributed by atoms with van der Waals surface area (Å²) in [4.78, 5) is 41.3. The molecule has 2 saturated heterocycles. The van der Waals surface area contributed by atoms with Crippen LogP contribution in [-0.4, -0.2) is 34.7 Å². The SMILES string of the molecule is CC[C@H](C)N1C(=O)[C@@H]2[C@@H](C(C)C)N[C@]3(C(=O)Nc4ccc(Br)cc43)[C@@H]2C1=O. The van der Waals surface area contributed by atoms with E-state index in [-0.39, 0.29) is 35.7 Å². The van der Waals surface area contributed by atoms with Crippen LogP contribution in [0.15, 0.2) is 22.7 Å². The van der Waals surface area contributed by atoms with Gasteiger partial charge in [0.15, 0.2) is 0 Å². The number of hydrogen-bond donors (Lipinski definition) is 2. The Morgan fingerprint density at radius 1 is 1.19 bits per heavy atom. The first-order chi connectivity index (χ1) is 12.7. The van der Waals surface area contributed by atoms with Gasteiger partial charge in [0.05, 0.1) is 11.8 Å². The van der Waals surface area contributed by atoms with E-state index in [1.165, 1.54) is 4.90 Å². The summed E-state index contributed by atoms with van der Waals surface area (Å²) in [5.74, 6) is -1.78. The van der Waals surface area contributed by atoms with E-state index >= 15 is 0 Å². The number of halogens is 1. The molecule has 2 N–H and O–H groups in total. The van der Waals surface area contributed by atoms with Gasteiger partial charge in [-0.3, -0.25) is 24.6 Å². The predicted molar refractivity (Wildman–Crippen MR) is 105 cm³/mol. The minimum atomic E-state index is -1.20. The van der Waals surface area contributed by atoms with Crippen molar-refractivity contribution in [2.75, 3.05) is 5.32 Å². The van der Waals surface area contributed by atoms with E-state index in [2.05, 4.69) is 26.6 Å². The number of carbonyl (C=O) groups is 3. The lowest BCUT2D eigenvalue weighted by Gasteiger charge is -2.31. The van der Waals surface area contributed by atoms with Crippen LogP contribution in [0.1, 0.15) is 39.7 Å². The van der Waals surface area contributed by atoms with Crippen LogP contribution in [0.25, 0.3) is 0 Å². The Hall–Kier alpha value is -1.73. The van der Waals surface area contributed by atoms with Gasteiger partial charge in [-0.25, -0.2) is 0 Å². The van der Waals surface area contributed by atoms with Crippen LogP contribution < -0.4 is 10.6 Å². The smallest absolute Gasteiger partial charge is 0.250 e. The normalized spacial score (nSPS) is 33.0. The maximum atomic E-state index is 13.4. The number of amides is 3. The molecule has 5 atom stereocenters. The summed E-state index contributed by atoms with van der Waals surface area (Å²) in [7, 11) is 0. The zero-order valence-electron chi connectivity index (χ0n) is 15.9. The van der Waals surface area contributed by atoms with Gasteiger partial charge in [-0.15, -0.1) is 0 Å². The molecule has 7 heteroatoms. The molecule has 3 heterocycles. The molecule has 0 unspecified atom stereocenters. The third kappa shape index (κ3) is 2.30. The number of hydrogen-bond acceptors (Lipinski definition) is 4. The van der Waals surface area contributed by atoms with Gasteiger partial charge in [0.2, 0.25) is 17.7 Å². The fourth-order valence-electron chi connectivity index (χ4n) is 4.92. The first kappa shape index (κ1) is 18.6. The number of fused-ring (bicyclic) bond motifs is 4. The quantitative estimate of drug-likeness (QED) is 0.718. The zero-order chi connectivity index (χ0) is 19.7. The second kappa shape index (κ2) is 6.14. The van der Waals surface area contributed by atoms with Crippen LogP contribution in [0, 0.1) is 17.8 Å². The molecule has 144 valence electrons. The maximum Gasteiger partial charge on any atom is 0.250 e. The number of imide groups is 1. The summed E-state index contributed by atoms with van der Waals surface area (Å²) < 4.78 is 0.832. The molecule has 0 aliphatic carbocycles. The highest BCUT2D eigenvalue weighted by Gasteiger charge is 2.71. The molecule has 1 spiro atoms. The Morgan fingerprint density at radius 2 is 1.89 bits per heavy atom. The van der Waals surface area contributed by atoms with Gasteiger partial charge in [0.1, 0.15) is 5.54 Å². The molecule has 0 bridgehead atoms. The average molecular weight is 434 g/mol. The van der Waals surface area contributed by atoms with Gasteiger partial charge < -0.3 is 5.32 Å². The Balaban J connectivity index is 1.92. The summed E-state index contributed by atoms with van der Waals surface area (Å²) in [6.45, 7) is 7.89. The summed E-state index contributed by atoms with van der Waals surface area (Å²) in [6.07, 6.45) is 0.692. The fourth-order valence-corrected chi connectivity index (χ4v) is 5.28. The number of nitrogens with one attached hydrogen (secondary N) is 2. The lowest BCUT2D eigenvalue weighted by atomic mass is 9.76. The molecule has 27 heavy (non-hydrogen) atoms. The highest BCUT2D eigenvalue weighted by molar-refractivity contribution is 9.10. The molecule has 4 rings (SSSR count). The van der Waals surface area contributed by atoms with E-state index in [0.717, 1.165) is 10.0 Å². The minimum Gasteiger partial charge on any atom is -0.324 e. The molecule has 3 aliphatic rings. The number of anilines is 1. The second-order valence-corrected chi connectivity index (χ2v) is 9.09. The van der Waals surface area contributed by atoms with Crippen LogP contribution in [0.2, 0.25) is 0 Å². The zero-order valence-corrected chi connectivity index (χ0v) is 17.5. The standard InChI is InChI=1S/C20H24BrN3O3/c1-5-10(4)24-17(25)14-15(18(24)26)20(23-16(14)9(2)3)12-8-11(21)6-7-13(12)22-19(20)27/h6-10,14-16,23H,5H2,1-4H3,(H,22,27)/t10-,14-,15-,16+,20-/m0/s1. The summed E-state index contributed by atoms with van der Waals surface area (Å²) in [5, 5.41) is 6.36. The van der Waals surface area contributed by atoms with Crippen molar-refractivity contribution >= 4 is 39.3 Å². The number of carbonyl (C=O) groups excluding carboxylic acids is 3. The predicted octanol–water partition coefficient (Wildman–Crippen LogP) is 2.62. The topological polar surface area (TPSA) is 78.5 Å². The van der Waals surface area contributed by atoms with E-state index in [0.29, 0.717) is 12.1 Å². The van der Waals surface area contributed by atoms with Crippen LogP contribution in [0.4, 0.5) is 5.69 Å². The van der Waals surface area contributed by atoms with Crippen LogP contribution in [0.5, 0.6) is 0 Å². The molecule has 3 amide bonds. The molecule has 0 aromatic heterocycles. The first-order valence-corrected chi connectivity index (χ1v) is 10.3. The fraction of sp³-hybridized carbons (Fsp3) is 0.550. The second-order valence-electron chi connectivity index (χ2n) is 8.17. The van der Waals surface area contributed by atoms with Gasteiger partial charge in [-0.1, -0.05) is 36.7 Å². The van der Waals surface area contributed by atoms with Crippen molar-refractivity contribution in [2.45, 2.75) is 51.7 Å². The Bertz CT molecular complexity index is 855. The molecule has 3 aliphatic heterocycles. The summed E-state index contributed by atoms with van der Waals surface area (Å²) in [6, 6.07) is 5.16. The van der Waals surface area contributed by atoms with Crippen molar-refractivity contribution in [1.82, 2.24) is 10.2 Å². The molecular weight excluding hydrogens is 410 g/mol. The van der Waals surface area contributed by atoms with Crippen molar-refractivity contribution in [2.24, 2.45) is 17.8 Å². The minimum absolute atomic E-state index is 0.106. The number of likely N-dealkylation sites (tertiary alicyclic amines) is 1. The highest BCUT2D eigenvalue weighted by Crippen LogP contribution is 2.54. The Morgan fingerprint density at radius 3 is 2.52 bits per heavy atom. The summed E-state index contributed by atoms with van der Waals surface area (Å²) >= 11 is 3.48. The van der Waals surface area contributed by atoms with Crippen molar-refractivity contribution in [3.05, 3.63) is 28.2 Å². The van der Waals surface area contributed by atoms with Crippen LogP contribution in [-0.2, 0) is 19.9 Å². The maximum absolute atomic E-state index is 13.4. The first-order valence-electron chi connectivity index (χ1n) is 9.50. The van der Waals surface area contributed by atoms with E-state index in [9.17, 15) is 14.4 Å². The van der Waals surface area contributed by atoms with Crippen LogP contribution >= 0.6 is 15.9 Å². The molecule has 0 saturated carbocycles. The lowest BCUT2D eigenvalue weighted by molar-refractivity contribution is -0.145. The van der Waals surface area contributed by atoms with E-state index in [4.69, 9.17) is 0 Å². The number of rotatable bonds is 3. The van der Waals surface area contributed by atoms with Crippen molar-refractivity contribution < 1.29 is 14.4 Å². The number of benzene rings is 1. The van der Waals surface area contributed by atoms with Crippen molar-refractivity contribution in [1.29, 1.82) is 0 Å². The van der Waals surface area contributed by atoms with Gasteiger partial charge in [0.25, 0.3) is 0 Å². The highest BCUT2D eigenvalue weighted by atomic mass is 79.9. The largest absolute Gasteiger partial charge is 0.324 e. The molecule has 6 nitrogen and oxygen atoms in total. The average Bonchev–Trinajstić information content (AvgIpc) is 3.20. The molecule has 1 aromatic rings. The third-order valence-electron chi connectivity index (χ3n) is 6.40. The Kier molecular flexibility index (Phi) is 4.23. The van der Waals surface area contributed by atoms with Crippen molar-refractivity contribution in [3.8, 4) is 0 Å². The monoisotopic (exact) mass is 433 g/mol. The summed E-state index contributed by atoms with van der Waals surface area (Å²) in [5.41, 5.74) is 0.237. The van der Waals surface area contributed by atoms with Gasteiger partial charge in [-0.2, -0.15) is 0 Å². The van der Waals surface area contributed by atoms with E-state index in [1.807, 2.05) is 45.9 Å². The van der Waals surface area contributed by atoms with Crippen molar-refractivity contribution in [3.63, 3.8) is 0 Å². The van der Waals surface area contributed by atoms with E-state index in [1.54, 1.807) is 0 Å². The molecule has 0 radical (unpaired) electrons. The lowest BCUT2D eigenvalue weighted by Crippen LogP contribution is -2.54. The van der Waals surface area contributed by atoms with Crippen LogP contribution in [0.3, 0.4) is 0 Å². The molecule has 2 fully saturated rings. The Labute approximate surface area is 167 Å². The van der Waals surface area contributed by atoms with Gasteiger partial charge >= 0.3 is 0 Å².